The van der Waals surface area contributed by atoms with E-state index in [0.717, 1.165) is 32.7 Å². The molecule has 2 aromatic rings. The van der Waals surface area contributed by atoms with Crippen LogP contribution in [0.5, 0.6) is 5.75 Å². The monoisotopic (exact) mass is 489 g/mol. The largest absolute Gasteiger partial charge is 0.481 e. The Kier molecular flexibility index (Phi) is 8.66. The Morgan fingerprint density at radius 3 is 2.13 bits per heavy atom. The summed E-state index contributed by atoms with van der Waals surface area (Å²) >= 11 is 12.7. The number of halogens is 2. The van der Waals surface area contributed by atoms with E-state index < -0.39 is 36.8 Å². The summed E-state index contributed by atoms with van der Waals surface area (Å²) in [5, 5.41) is 2.87. The number of thiophene rings is 1. The van der Waals surface area contributed by atoms with E-state index in [2.05, 4.69) is 10.1 Å². The van der Waals surface area contributed by atoms with Gasteiger partial charge in [0.05, 0.1) is 43.4 Å². The van der Waals surface area contributed by atoms with Gasteiger partial charge in [0.15, 0.2) is 12.4 Å². The molecule has 2 rings (SSSR count). The van der Waals surface area contributed by atoms with E-state index in [4.69, 9.17) is 37.4 Å². The number of amides is 1. The van der Waals surface area contributed by atoms with Gasteiger partial charge in [-0.05, 0) is 12.1 Å². The van der Waals surface area contributed by atoms with Gasteiger partial charge in [0.1, 0.15) is 9.88 Å². The Balaban J connectivity index is 2.35. The van der Waals surface area contributed by atoms with Gasteiger partial charge in [-0.1, -0.05) is 29.3 Å². The van der Waals surface area contributed by atoms with Crippen molar-refractivity contribution in [1.82, 2.24) is 0 Å². The van der Waals surface area contributed by atoms with E-state index in [9.17, 15) is 19.2 Å². The highest BCUT2D eigenvalue weighted by molar-refractivity contribution is 7.18. The molecule has 1 heterocycles. The van der Waals surface area contributed by atoms with Crippen LogP contribution in [0.3, 0.4) is 0 Å². The standard InChI is InChI=1S/C19H17Cl2NO8S/c1-27-13(24)7-9-14(18(25)28-2)17(31-16(9)19(26)29-3)22-12(23)8-30-15-10(20)5-4-6-11(15)21/h4-6H,7-8H2,1-3H3,(H,22,23). The van der Waals surface area contributed by atoms with Crippen LogP contribution in [0.25, 0.3) is 0 Å². The number of ether oxygens (including phenoxy) is 4. The molecule has 0 saturated carbocycles. The van der Waals surface area contributed by atoms with E-state index in [0.29, 0.717) is 0 Å². The normalized spacial score (nSPS) is 10.2. The van der Waals surface area contributed by atoms with E-state index >= 15 is 0 Å². The fraction of sp³-hybridized carbons (Fsp3) is 0.263. The van der Waals surface area contributed by atoms with Gasteiger partial charge < -0.3 is 24.3 Å². The highest BCUT2D eigenvalue weighted by Gasteiger charge is 2.30. The molecule has 166 valence electrons. The molecule has 1 amide bonds. The first-order valence-corrected chi connectivity index (χ1v) is 10.1. The van der Waals surface area contributed by atoms with Crippen LogP contribution in [0.2, 0.25) is 10.0 Å². The SMILES string of the molecule is COC(=O)Cc1c(C(=O)OC)sc(NC(=O)COc2c(Cl)cccc2Cl)c1C(=O)OC. The first-order valence-electron chi connectivity index (χ1n) is 8.49. The minimum atomic E-state index is -0.865. The Morgan fingerprint density at radius 2 is 1.58 bits per heavy atom. The summed E-state index contributed by atoms with van der Waals surface area (Å²) in [7, 11) is 3.42. The Bertz CT molecular complexity index is 1000. The second-order valence-electron chi connectivity index (χ2n) is 5.74. The maximum atomic E-state index is 12.4. The first kappa shape index (κ1) is 24.4. The minimum Gasteiger partial charge on any atom is -0.481 e. The highest BCUT2D eigenvalue weighted by Crippen LogP contribution is 2.36. The Hall–Kier alpha value is -2.82. The molecule has 9 nitrogen and oxygen atoms in total. The van der Waals surface area contributed by atoms with Gasteiger partial charge in [-0.25, -0.2) is 9.59 Å². The Labute approximate surface area is 191 Å². The molecule has 0 unspecified atom stereocenters. The van der Waals surface area contributed by atoms with Crippen molar-refractivity contribution in [2.75, 3.05) is 33.3 Å². The van der Waals surface area contributed by atoms with Gasteiger partial charge in [0.25, 0.3) is 5.91 Å². The molecule has 0 aliphatic heterocycles. The molecular formula is C19H17Cl2NO8S. The summed E-state index contributed by atoms with van der Waals surface area (Å²) in [5.74, 6) is -2.93. The van der Waals surface area contributed by atoms with Crippen LogP contribution >= 0.6 is 34.5 Å². The minimum absolute atomic E-state index is 0.0147. The lowest BCUT2D eigenvalue weighted by atomic mass is 10.1. The van der Waals surface area contributed by atoms with Crippen molar-refractivity contribution < 1.29 is 38.1 Å². The molecule has 0 bridgehead atoms. The number of anilines is 1. The molecule has 0 fully saturated rings. The van der Waals surface area contributed by atoms with Gasteiger partial charge >= 0.3 is 17.9 Å². The lowest BCUT2D eigenvalue weighted by molar-refractivity contribution is -0.139. The maximum Gasteiger partial charge on any atom is 0.348 e. The number of rotatable bonds is 8. The van der Waals surface area contributed by atoms with Gasteiger partial charge in [-0.3, -0.25) is 9.59 Å². The van der Waals surface area contributed by atoms with E-state index in [1.165, 1.54) is 12.1 Å². The number of hydrogen-bond donors (Lipinski definition) is 1. The van der Waals surface area contributed by atoms with Crippen molar-refractivity contribution in [3.05, 3.63) is 44.2 Å². The van der Waals surface area contributed by atoms with Crippen molar-refractivity contribution in [1.29, 1.82) is 0 Å². The zero-order valence-corrected chi connectivity index (χ0v) is 18.9. The zero-order chi connectivity index (χ0) is 23.1. The fourth-order valence-corrected chi connectivity index (χ4v) is 4.08. The zero-order valence-electron chi connectivity index (χ0n) is 16.6. The third-order valence-corrected chi connectivity index (χ3v) is 5.56. The molecule has 31 heavy (non-hydrogen) atoms. The quantitative estimate of drug-likeness (QED) is 0.442. The first-order chi connectivity index (χ1) is 14.7. The predicted molar refractivity (Wildman–Crippen MR) is 113 cm³/mol. The lowest BCUT2D eigenvalue weighted by Gasteiger charge is -2.10. The molecule has 0 aliphatic carbocycles. The molecule has 0 aliphatic rings. The molecule has 1 N–H and O–H groups in total. The molecule has 0 saturated heterocycles. The second kappa shape index (κ2) is 11.0. The molecule has 1 aromatic heterocycles. The van der Waals surface area contributed by atoms with Crippen molar-refractivity contribution in [2.24, 2.45) is 0 Å². The lowest BCUT2D eigenvalue weighted by Crippen LogP contribution is -2.21. The predicted octanol–water partition coefficient (Wildman–Crippen LogP) is 3.36. The summed E-state index contributed by atoms with van der Waals surface area (Å²) in [6, 6.07) is 4.69. The van der Waals surface area contributed by atoms with Gasteiger partial charge in [0, 0.05) is 5.56 Å². The molecular weight excluding hydrogens is 473 g/mol. The van der Waals surface area contributed by atoms with Crippen LogP contribution in [-0.2, 0) is 30.2 Å². The third-order valence-electron chi connectivity index (χ3n) is 3.84. The number of nitrogens with one attached hydrogen (secondary N) is 1. The molecule has 1 aromatic carbocycles. The van der Waals surface area contributed by atoms with Gasteiger partial charge in [-0.15, -0.1) is 11.3 Å². The summed E-state index contributed by atoms with van der Waals surface area (Å²) < 4.78 is 19.4. The maximum absolute atomic E-state index is 12.4. The van der Waals surface area contributed by atoms with Crippen molar-refractivity contribution in [3.63, 3.8) is 0 Å². The van der Waals surface area contributed by atoms with Crippen LogP contribution in [0.15, 0.2) is 18.2 Å². The molecule has 0 spiro atoms. The smallest absolute Gasteiger partial charge is 0.348 e. The molecule has 0 radical (unpaired) electrons. The van der Waals surface area contributed by atoms with Gasteiger partial charge in [0.2, 0.25) is 0 Å². The number of para-hydroxylation sites is 1. The number of carbonyl (C=O) groups excluding carboxylic acids is 4. The van der Waals surface area contributed by atoms with Crippen LogP contribution < -0.4 is 10.1 Å². The summed E-state index contributed by atoms with van der Waals surface area (Å²) in [5.41, 5.74) is -0.150. The van der Waals surface area contributed by atoms with E-state index in [1.807, 2.05) is 0 Å². The third kappa shape index (κ3) is 5.87. The summed E-state index contributed by atoms with van der Waals surface area (Å²) in [6.45, 7) is -0.498. The molecule has 12 heteroatoms. The van der Waals surface area contributed by atoms with Crippen molar-refractivity contribution >= 4 is 63.4 Å². The Morgan fingerprint density at radius 1 is 0.968 bits per heavy atom. The highest BCUT2D eigenvalue weighted by atomic mass is 35.5. The van der Waals surface area contributed by atoms with Gasteiger partial charge in [-0.2, -0.15) is 0 Å². The van der Waals surface area contributed by atoms with Crippen molar-refractivity contribution in [2.45, 2.75) is 6.42 Å². The van der Waals surface area contributed by atoms with Crippen molar-refractivity contribution in [3.8, 4) is 5.75 Å². The van der Waals surface area contributed by atoms with E-state index in [-0.39, 0.29) is 36.8 Å². The fourth-order valence-electron chi connectivity index (χ4n) is 2.43. The number of methoxy groups -OCH3 is 3. The van der Waals surface area contributed by atoms with E-state index in [1.54, 1.807) is 6.07 Å². The summed E-state index contributed by atoms with van der Waals surface area (Å²) in [6.07, 6.45) is -0.413. The number of carbonyl (C=O) groups is 4. The average Bonchev–Trinajstić information content (AvgIpc) is 3.09. The topological polar surface area (TPSA) is 117 Å². The van der Waals surface area contributed by atoms with Crippen LogP contribution in [0.4, 0.5) is 5.00 Å². The number of benzene rings is 1. The van der Waals surface area contributed by atoms with Crippen LogP contribution in [0, 0.1) is 0 Å². The van der Waals surface area contributed by atoms with Crippen LogP contribution in [-0.4, -0.2) is 51.8 Å². The number of esters is 3. The van der Waals surface area contributed by atoms with Crippen LogP contribution in [0.1, 0.15) is 25.6 Å². The second-order valence-corrected chi connectivity index (χ2v) is 7.57. The average molecular weight is 490 g/mol. The number of hydrogen-bond acceptors (Lipinski definition) is 9. The summed E-state index contributed by atoms with van der Waals surface area (Å²) in [4.78, 5) is 48.7. The molecule has 0 atom stereocenters.